The van der Waals surface area contributed by atoms with Crippen molar-refractivity contribution in [1.29, 1.82) is 0 Å². The summed E-state index contributed by atoms with van der Waals surface area (Å²) in [5, 5.41) is 0. The van der Waals surface area contributed by atoms with Crippen molar-refractivity contribution in [3.8, 4) is 0 Å². The van der Waals surface area contributed by atoms with Crippen LogP contribution in [0.15, 0.2) is 24.3 Å². The Kier molecular flexibility index (Phi) is 2.90. The largest absolute Gasteiger partial charge is 0.313 e. The van der Waals surface area contributed by atoms with Crippen LogP contribution >= 0.6 is 0 Å². The molecule has 0 radical (unpaired) electrons. The molecule has 1 aromatic rings. The van der Waals surface area contributed by atoms with Gasteiger partial charge in [-0.1, -0.05) is 51.0 Å². The van der Waals surface area contributed by atoms with E-state index in [-0.39, 0.29) is 12.6 Å². The minimum atomic E-state index is -0.332. The van der Waals surface area contributed by atoms with E-state index in [4.69, 9.17) is 14.5 Å². The Balaban J connectivity index is 2.04. The first-order valence-electron chi connectivity index (χ1n) is 6.41. The second kappa shape index (κ2) is 4.41. The number of benzene rings is 1. The quantitative estimate of drug-likeness (QED) is 0.749. The molecule has 1 aromatic carbocycles. The monoisotopic (exact) mass is 234 g/mol. The van der Waals surface area contributed by atoms with Gasteiger partial charge in [0.25, 0.3) is 0 Å². The summed E-state index contributed by atoms with van der Waals surface area (Å²) in [6, 6.07) is 8.35. The molecule has 3 heteroatoms. The lowest BCUT2D eigenvalue weighted by Gasteiger charge is -2.33. The fraction of sp³-hybridized carbons (Fsp3) is 0.571. The topological polar surface area (TPSA) is 27.7 Å². The number of ether oxygens (including phenoxy) is 1. The zero-order chi connectivity index (χ0) is 11.8. The normalized spacial score (nSPS) is 30.6. The molecule has 92 valence electrons. The molecule has 2 aliphatic rings. The van der Waals surface area contributed by atoms with Crippen molar-refractivity contribution >= 4 is 0 Å². The Bertz CT molecular complexity index is 400. The molecule has 0 aliphatic carbocycles. The molecule has 1 unspecified atom stereocenters. The highest BCUT2D eigenvalue weighted by Crippen LogP contribution is 2.48. The second-order valence-electron chi connectivity index (χ2n) is 4.76. The highest BCUT2D eigenvalue weighted by molar-refractivity contribution is 5.34. The van der Waals surface area contributed by atoms with Crippen molar-refractivity contribution < 1.29 is 14.5 Å². The van der Waals surface area contributed by atoms with Gasteiger partial charge >= 0.3 is 0 Å². The molecule has 3 rings (SSSR count). The summed E-state index contributed by atoms with van der Waals surface area (Å²) in [4.78, 5) is 10.6. The molecule has 0 amide bonds. The summed E-state index contributed by atoms with van der Waals surface area (Å²) in [6.45, 7) is 4.44. The lowest BCUT2D eigenvalue weighted by atomic mass is 9.79. The summed E-state index contributed by atoms with van der Waals surface area (Å²) < 4.78 is 5.78. The SMILES string of the molecule is CCC(CC)C1c2ccccc2[C@@H]2OO[C@H]1O2. The lowest BCUT2D eigenvalue weighted by Crippen LogP contribution is -2.30. The summed E-state index contributed by atoms with van der Waals surface area (Å²) in [5.41, 5.74) is 2.46. The summed E-state index contributed by atoms with van der Waals surface area (Å²) in [6.07, 6.45) is 1.69. The van der Waals surface area contributed by atoms with Gasteiger partial charge in [-0.05, 0) is 11.5 Å². The van der Waals surface area contributed by atoms with Gasteiger partial charge in [-0.15, -0.1) is 0 Å². The van der Waals surface area contributed by atoms with Crippen LogP contribution < -0.4 is 0 Å². The van der Waals surface area contributed by atoms with Crippen molar-refractivity contribution in [3.63, 3.8) is 0 Å². The molecule has 3 atom stereocenters. The smallest absolute Gasteiger partial charge is 0.220 e. The van der Waals surface area contributed by atoms with Gasteiger partial charge in [0.05, 0.1) is 0 Å². The molecule has 2 bridgehead atoms. The van der Waals surface area contributed by atoms with E-state index in [1.807, 2.05) is 6.07 Å². The molecule has 1 saturated heterocycles. The average molecular weight is 234 g/mol. The second-order valence-corrected chi connectivity index (χ2v) is 4.76. The van der Waals surface area contributed by atoms with E-state index in [0.29, 0.717) is 11.8 Å². The standard InChI is InChI=1S/C14H18O3/c1-3-9(4-2)12-10-7-5-6-8-11(10)13-15-14(12)17-16-13/h5-9,12-14H,3-4H2,1-2H3/t12?,13-,14+/m0/s1. The van der Waals surface area contributed by atoms with Crippen LogP contribution in [-0.2, 0) is 14.5 Å². The van der Waals surface area contributed by atoms with Crippen molar-refractivity contribution in [2.24, 2.45) is 5.92 Å². The first kappa shape index (κ1) is 11.2. The number of hydrogen-bond donors (Lipinski definition) is 0. The van der Waals surface area contributed by atoms with Gasteiger partial charge in [0.15, 0.2) is 0 Å². The minimum Gasteiger partial charge on any atom is -0.313 e. The van der Waals surface area contributed by atoms with Crippen molar-refractivity contribution in [3.05, 3.63) is 35.4 Å². The van der Waals surface area contributed by atoms with E-state index in [2.05, 4.69) is 32.0 Å². The molecule has 1 fully saturated rings. The van der Waals surface area contributed by atoms with Crippen LogP contribution in [0.2, 0.25) is 0 Å². The van der Waals surface area contributed by atoms with Gasteiger partial charge < -0.3 is 4.74 Å². The van der Waals surface area contributed by atoms with Gasteiger partial charge in [0.2, 0.25) is 12.6 Å². The Morgan fingerprint density at radius 2 is 1.76 bits per heavy atom. The maximum atomic E-state index is 5.78. The van der Waals surface area contributed by atoms with Crippen LogP contribution in [-0.4, -0.2) is 6.29 Å². The van der Waals surface area contributed by atoms with E-state index in [9.17, 15) is 0 Å². The fourth-order valence-corrected chi connectivity index (χ4v) is 2.99. The molecule has 0 saturated carbocycles. The molecule has 3 nitrogen and oxygen atoms in total. The minimum absolute atomic E-state index is 0.236. The Morgan fingerprint density at radius 1 is 1.06 bits per heavy atom. The molecular weight excluding hydrogens is 216 g/mol. The van der Waals surface area contributed by atoms with Crippen LogP contribution in [0.3, 0.4) is 0 Å². The van der Waals surface area contributed by atoms with E-state index >= 15 is 0 Å². The maximum Gasteiger partial charge on any atom is 0.220 e. The first-order chi connectivity index (χ1) is 8.35. The third-order valence-corrected chi connectivity index (χ3v) is 3.95. The van der Waals surface area contributed by atoms with Crippen molar-refractivity contribution in [1.82, 2.24) is 0 Å². The Morgan fingerprint density at radius 3 is 2.47 bits per heavy atom. The molecule has 2 aliphatic heterocycles. The number of rotatable bonds is 3. The van der Waals surface area contributed by atoms with E-state index in [1.54, 1.807) is 0 Å². The number of hydrogen-bond acceptors (Lipinski definition) is 3. The third kappa shape index (κ3) is 1.69. The van der Waals surface area contributed by atoms with E-state index < -0.39 is 0 Å². The molecule has 0 aromatic heterocycles. The van der Waals surface area contributed by atoms with Gasteiger partial charge in [0.1, 0.15) is 0 Å². The van der Waals surface area contributed by atoms with Gasteiger partial charge in [0, 0.05) is 11.5 Å². The molecule has 0 N–H and O–H groups in total. The Labute approximate surface area is 102 Å². The van der Waals surface area contributed by atoms with Crippen LogP contribution in [0.25, 0.3) is 0 Å². The van der Waals surface area contributed by atoms with Gasteiger partial charge in [-0.3, -0.25) is 0 Å². The van der Waals surface area contributed by atoms with Crippen LogP contribution in [0.1, 0.15) is 50.0 Å². The fourth-order valence-electron chi connectivity index (χ4n) is 2.99. The maximum absolute atomic E-state index is 5.78. The van der Waals surface area contributed by atoms with Crippen molar-refractivity contribution in [2.75, 3.05) is 0 Å². The summed E-state index contributed by atoms with van der Waals surface area (Å²) in [5.74, 6) is 0.865. The summed E-state index contributed by atoms with van der Waals surface area (Å²) in [7, 11) is 0. The first-order valence-corrected chi connectivity index (χ1v) is 6.41. The van der Waals surface area contributed by atoms with E-state index in [0.717, 1.165) is 18.4 Å². The van der Waals surface area contributed by atoms with Gasteiger partial charge in [-0.25, -0.2) is 4.89 Å². The highest BCUT2D eigenvalue weighted by Gasteiger charge is 2.45. The van der Waals surface area contributed by atoms with E-state index in [1.165, 1.54) is 5.56 Å². The number of fused-ring (bicyclic) bond motifs is 4. The highest BCUT2D eigenvalue weighted by atomic mass is 17.3. The zero-order valence-electron chi connectivity index (χ0n) is 10.3. The molecule has 2 heterocycles. The third-order valence-electron chi connectivity index (χ3n) is 3.95. The Hall–Kier alpha value is -0.900. The molecular formula is C14H18O3. The predicted octanol–water partition coefficient (Wildman–Crippen LogP) is 3.52. The van der Waals surface area contributed by atoms with Crippen LogP contribution in [0, 0.1) is 5.92 Å². The average Bonchev–Trinajstić information content (AvgIpc) is 2.80. The predicted molar refractivity (Wildman–Crippen MR) is 63.0 cm³/mol. The van der Waals surface area contributed by atoms with Gasteiger partial charge in [-0.2, -0.15) is 4.89 Å². The van der Waals surface area contributed by atoms with Crippen LogP contribution in [0.5, 0.6) is 0 Å². The lowest BCUT2D eigenvalue weighted by molar-refractivity contribution is -0.299. The van der Waals surface area contributed by atoms with Crippen molar-refractivity contribution in [2.45, 2.75) is 45.2 Å². The van der Waals surface area contributed by atoms with Crippen LogP contribution in [0.4, 0.5) is 0 Å². The zero-order valence-corrected chi connectivity index (χ0v) is 10.3. The molecule has 0 spiro atoms. The summed E-state index contributed by atoms with van der Waals surface area (Å²) >= 11 is 0. The molecule has 17 heavy (non-hydrogen) atoms.